The van der Waals surface area contributed by atoms with Crippen LogP contribution in [0, 0.1) is 4.64 Å². The van der Waals surface area contributed by atoms with E-state index in [4.69, 9.17) is 17.0 Å². The maximum atomic E-state index is 9.97. The number of ether oxygens (including phenoxy) is 1. The molecular formula is C10H12N4O4S. The van der Waals surface area contributed by atoms with Crippen LogP contribution in [0.15, 0.2) is 12.7 Å². The summed E-state index contributed by atoms with van der Waals surface area (Å²) >= 11 is 5.04. The summed E-state index contributed by atoms with van der Waals surface area (Å²) in [4.78, 5) is 10.9. The van der Waals surface area contributed by atoms with Gasteiger partial charge in [-0.25, -0.2) is 9.97 Å². The molecule has 2 aromatic rings. The Bertz CT molecular complexity index is 656. The van der Waals surface area contributed by atoms with Gasteiger partial charge in [0.15, 0.2) is 10.9 Å². The number of fused-ring (bicyclic) bond motifs is 1. The molecule has 8 nitrogen and oxygen atoms in total. The van der Waals surface area contributed by atoms with Crippen LogP contribution < -0.4 is 0 Å². The molecule has 9 heteroatoms. The zero-order valence-corrected chi connectivity index (χ0v) is 10.5. The van der Waals surface area contributed by atoms with E-state index in [2.05, 4.69) is 15.0 Å². The van der Waals surface area contributed by atoms with Gasteiger partial charge in [-0.3, -0.25) is 4.57 Å². The van der Waals surface area contributed by atoms with Crippen LogP contribution in [0.25, 0.3) is 11.2 Å². The van der Waals surface area contributed by atoms with Gasteiger partial charge in [-0.05, 0) is 0 Å². The summed E-state index contributed by atoms with van der Waals surface area (Å²) in [6.45, 7) is -0.0750. The Balaban J connectivity index is 2.05. The van der Waals surface area contributed by atoms with Crippen LogP contribution in [-0.2, 0) is 4.74 Å². The van der Waals surface area contributed by atoms with Crippen LogP contribution >= 0.6 is 12.2 Å². The Morgan fingerprint density at radius 2 is 2.11 bits per heavy atom. The first-order valence-electron chi connectivity index (χ1n) is 5.65. The molecule has 3 heterocycles. The molecule has 19 heavy (non-hydrogen) atoms. The molecule has 3 rings (SSSR count). The smallest absolute Gasteiger partial charge is 0.165 e. The van der Waals surface area contributed by atoms with Gasteiger partial charge in [-0.15, -0.1) is 0 Å². The second-order valence-corrected chi connectivity index (χ2v) is 4.72. The highest BCUT2D eigenvalue weighted by Crippen LogP contribution is 2.26. The van der Waals surface area contributed by atoms with Crippen LogP contribution in [0.3, 0.4) is 0 Å². The number of H-pyrrole nitrogens is 1. The zero-order chi connectivity index (χ0) is 13.6. The fourth-order valence-corrected chi connectivity index (χ4v) is 2.30. The molecule has 1 saturated heterocycles. The van der Waals surface area contributed by atoms with Crippen molar-refractivity contribution in [2.75, 3.05) is 6.61 Å². The predicted octanol–water partition coefficient (Wildman–Crippen LogP) is -0.900. The van der Waals surface area contributed by atoms with Crippen molar-refractivity contribution < 1.29 is 20.1 Å². The van der Waals surface area contributed by atoms with Gasteiger partial charge in [0.05, 0.1) is 19.3 Å². The minimum atomic E-state index is -1.28. The van der Waals surface area contributed by atoms with Crippen molar-refractivity contribution in [3.05, 3.63) is 17.3 Å². The maximum absolute atomic E-state index is 9.97. The molecule has 0 spiro atoms. The van der Waals surface area contributed by atoms with Gasteiger partial charge in [0.2, 0.25) is 0 Å². The van der Waals surface area contributed by atoms with E-state index in [9.17, 15) is 15.3 Å². The second kappa shape index (κ2) is 4.62. The fraction of sp³-hybridized carbons (Fsp3) is 0.500. The summed E-state index contributed by atoms with van der Waals surface area (Å²) in [5.41, 5.74) is 1.02. The Morgan fingerprint density at radius 1 is 1.32 bits per heavy atom. The lowest BCUT2D eigenvalue weighted by Gasteiger charge is -2.35. The molecule has 0 radical (unpaired) electrons. The number of aliphatic hydroxyl groups is 3. The Kier molecular flexibility index (Phi) is 3.07. The number of rotatable bonds is 1. The van der Waals surface area contributed by atoms with Gasteiger partial charge < -0.3 is 25.0 Å². The lowest BCUT2D eigenvalue weighted by molar-refractivity contribution is -0.210. The number of aromatic nitrogens is 4. The van der Waals surface area contributed by atoms with Crippen molar-refractivity contribution in [1.29, 1.82) is 0 Å². The van der Waals surface area contributed by atoms with Crippen molar-refractivity contribution in [2.45, 2.75) is 24.5 Å². The Labute approximate surface area is 112 Å². The van der Waals surface area contributed by atoms with Crippen LogP contribution in [0.5, 0.6) is 0 Å². The van der Waals surface area contributed by atoms with E-state index < -0.39 is 24.5 Å². The average Bonchev–Trinajstić information content (AvgIpc) is 2.82. The van der Waals surface area contributed by atoms with Gasteiger partial charge in [-0.2, -0.15) is 0 Å². The summed E-state index contributed by atoms with van der Waals surface area (Å²) in [5.74, 6) is 0. The van der Waals surface area contributed by atoms with Crippen molar-refractivity contribution >= 4 is 23.4 Å². The standard InChI is InChI=1S/C10H12N4O4S/c15-4-1-18-10(7(17)6(4)16)14-3-13-5-8(14)11-2-12-9(5)19/h2-4,6-7,10,15-17H,1H2,(H,11,12,19)/t4-,6-,7+,10-/m1/s1. The molecule has 2 aromatic heterocycles. The lowest BCUT2D eigenvalue weighted by atomic mass is 10.0. The topological polar surface area (TPSA) is 116 Å². The monoisotopic (exact) mass is 284 g/mol. The Morgan fingerprint density at radius 3 is 2.89 bits per heavy atom. The molecule has 1 fully saturated rings. The summed E-state index contributed by atoms with van der Waals surface area (Å²) < 4.78 is 7.21. The summed E-state index contributed by atoms with van der Waals surface area (Å²) in [7, 11) is 0. The molecule has 1 aliphatic rings. The number of aromatic amines is 1. The summed E-state index contributed by atoms with van der Waals surface area (Å²) in [6.07, 6.45) is -1.64. The van der Waals surface area contributed by atoms with Gasteiger partial charge >= 0.3 is 0 Å². The Hall–Kier alpha value is -1.39. The van der Waals surface area contributed by atoms with E-state index >= 15 is 0 Å². The van der Waals surface area contributed by atoms with Gasteiger partial charge in [0, 0.05) is 0 Å². The molecule has 4 N–H and O–H groups in total. The largest absolute Gasteiger partial charge is 0.388 e. The van der Waals surface area contributed by atoms with E-state index in [0.29, 0.717) is 15.8 Å². The minimum absolute atomic E-state index is 0.0750. The third-order valence-corrected chi connectivity index (χ3v) is 3.43. The number of hydrogen-bond donors (Lipinski definition) is 4. The van der Waals surface area contributed by atoms with Crippen molar-refractivity contribution in [2.24, 2.45) is 0 Å². The van der Waals surface area contributed by atoms with E-state index in [0.717, 1.165) is 0 Å². The average molecular weight is 284 g/mol. The van der Waals surface area contributed by atoms with Crippen molar-refractivity contribution in [3.8, 4) is 0 Å². The zero-order valence-electron chi connectivity index (χ0n) is 9.67. The molecule has 0 aliphatic carbocycles. The highest BCUT2D eigenvalue weighted by atomic mass is 32.1. The van der Waals surface area contributed by atoms with E-state index in [1.165, 1.54) is 17.2 Å². The number of aliphatic hydroxyl groups excluding tert-OH is 3. The van der Waals surface area contributed by atoms with Gasteiger partial charge in [0.1, 0.15) is 29.5 Å². The molecule has 0 amide bonds. The lowest BCUT2D eigenvalue weighted by Crippen LogP contribution is -2.50. The number of imidazole rings is 1. The number of nitrogens with zero attached hydrogens (tertiary/aromatic N) is 3. The highest BCUT2D eigenvalue weighted by molar-refractivity contribution is 7.71. The summed E-state index contributed by atoms with van der Waals surface area (Å²) in [5, 5.41) is 29.1. The van der Waals surface area contributed by atoms with Gasteiger partial charge in [-0.1, -0.05) is 12.2 Å². The van der Waals surface area contributed by atoms with Crippen LogP contribution in [0.1, 0.15) is 6.23 Å². The van der Waals surface area contributed by atoms with Gasteiger partial charge in [0.25, 0.3) is 0 Å². The molecule has 0 saturated carbocycles. The van der Waals surface area contributed by atoms with E-state index in [1.807, 2.05) is 0 Å². The second-order valence-electron chi connectivity index (χ2n) is 4.33. The highest BCUT2D eigenvalue weighted by Gasteiger charge is 2.39. The molecule has 0 aromatic carbocycles. The van der Waals surface area contributed by atoms with Crippen molar-refractivity contribution in [3.63, 3.8) is 0 Å². The van der Waals surface area contributed by atoms with Crippen molar-refractivity contribution in [1.82, 2.24) is 19.5 Å². The normalized spacial score (nSPS) is 31.7. The summed E-state index contributed by atoms with van der Waals surface area (Å²) in [6, 6.07) is 0. The molecule has 4 atom stereocenters. The first kappa shape index (κ1) is 12.6. The first-order valence-corrected chi connectivity index (χ1v) is 6.06. The van der Waals surface area contributed by atoms with E-state index in [1.54, 1.807) is 0 Å². The molecule has 1 aliphatic heterocycles. The number of nitrogens with one attached hydrogen (secondary N) is 1. The molecule has 102 valence electrons. The van der Waals surface area contributed by atoms with Crippen LogP contribution in [0.2, 0.25) is 0 Å². The molecular weight excluding hydrogens is 272 g/mol. The van der Waals surface area contributed by atoms with Crippen LogP contribution in [-0.4, -0.2) is 59.8 Å². The van der Waals surface area contributed by atoms with Crippen LogP contribution in [0.4, 0.5) is 0 Å². The maximum Gasteiger partial charge on any atom is 0.165 e. The van der Waals surface area contributed by atoms with E-state index in [-0.39, 0.29) is 6.61 Å². The molecule has 0 unspecified atom stereocenters. The molecule has 0 bridgehead atoms. The SMILES string of the molecule is O[C@H]1[C@H](O)[C@H](n2cnc3c(=S)nc[nH]c32)OC[C@H]1O. The third kappa shape index (κ3) is 1.95. The predicted molar refractivity (Wildman–Crippen MR) is 65.7 cm³/mol. The third-order valence-electron chi connectivity index (χ3n) is 3.13. The minimum Gasteiger partial charge on any atom is -0.388 e. The number of hydrogen-bond acceptors (Lipinski definition) is 7. The first-order chi connectivity index (χ1) is 9.09. The fourth-order valence-electron chi connectivity index (χ4n) is 2.10. The quantitative estimate of drug-likeness (QED) is 0.501.